The van der Waals surface area contributed by atoms with Crippen LogP contribution in [0.2, 0.25) is 5.02 Å². The number of hydrogen-bond acceptors (Lipinski definition) is 2. The summed E-state index contributed by atoms with van der Waals surface area (Å²) in [7, 11) is 0. The summed E-state index contributed by atoms with van der Waals surface area (Å²) in [5.41, 5.74) is 0.691. The third-order valence-electron chi connectivity index (χ3n) is 3.95. The minimum atomic E-state index is -0.165. The van der Waals surface area contributed by atoms with Crippen molar-refractivity contribution in [1.29, 1.82) is 0 Å². The molecule has 1 aromatic carbocycles. The molecule has 0 aromatic heterocycles. The maximum atomic E-state index is 13.8. The molecule has 0 aliphatic carbocycles. The van der Waals surface area contributed by atoms with Crippen LogP contribution in [0.25, 0.3) is 0 Å². The topological polar surface area (TPSA) is 15.3 Å². The zero-order chi connectivity index (χ0) is 13.8. The van der Waals surface area contributed by atoms with Crippen molar-refractivity contribution in [3.8, 4) is 0 Å². The number of benzene rings is 1. The highest BCUT2D eigenvalue weighted by Gasteiger charge is 2.22. The van der Waals surface area contributed by atoms with Crippen molar-refractivity contribution in [2.24, 2.45) is 0 Å². The highest BCUT2D eigenvalue weighted by Crippen LogP contribution is 2.20. The molecule has 2 rings (SSSR count). The van der Waals surface area contributed by atoms with Crippen LogP contribution in [0.4, 0.5) is 4.39 Å². The van der Waals surface area contributed by atoms with Crippen molar-refractivity contribution in [2.75, 3.05) is 13.1 Å². The number of halogens is 2. The molecular formula is C15H22ClFN2. The molecule has 0 radical (unpaired) electrons. The molecule has 0 amide bonds. The molecule has 2 atom stereocenters. The lowest BCUT2D eigenvalue weighted by Crippen LogP contribution is -2.39. The molecule has 1 heterocycles. The van der Waals surface area contributed by atoms with Gasteiger partial charge in [-0.05, 0) is 44.5 Å². The Morgan fingerprint density at radius 1 is 1.47 bits per heavy atom. The van der Waals surface area contributed by atoms with E-state index >= 15 is 0 Å². The lowest BCUT2D eigenvalue weighted by Gasteiger charge is -2.29. The van der Waals surface area contributed by atoms with Crippen LogP contribution in [-0.4, -0.2) is 30.1 Å². The number of hydrogen-bond donors (Lipinski definition) is 1. The summed E-state index contributed by atoms with van der Waals surface area (Å²) in [5, 5.41) is 4.14. The maximum Gasteiger partial charge on any atom is 0.127 e. The largest absolute Gasteiger partial charge is 0.313 e. The van der Waals surface area contributed by atoms with Crippen molar-refractivity contribution in [3.63, 3.8) is 0 Å². The molecule has 2 nitrogen and oxygen atoms in total. The normalized spacial score (nSPS) is 25.3. The third kappa shape index (κ3) is 3.91. The van der Waals surface area contributed by atoms with E-state index < -0.39 is 0 Å². The Morgan fingerprint density at radius 3 is 3.00 bits per heavy atom. The van der Waals surface area contributed by atoms with Gasteiger partial charge in [-0.15, -0.1) is 0 Å². The summed E-state index contributed by atoms with van der Waals surface area (Å²) < 4.78 is 13.8. The van der Waals surface area contributed by atoms with Crippen LogP contribution < -0.4 is 5.32 Å². The molecule has 0 saturated carbocycles. The zero-order valence-electron chi connectivity index (χ0n) is 11.6. The summed E-state index contributed by atoms with van der Waals surface area (Å²) in [4.78, 5) is 2.35. The molecule has 0 spiro atoms. The van der Waals surface area contributed by atoms with E-state index in [1.54, 1.807) is 12.1 Å². The Labute approximate surface area is 119 Å². The SMILES string of the molecule is CCC1CN(Cc2cc(Cl)ccc2F)C(C)CCN1. The first kappa shape index (κ1) is 14.8. The van der Waals surface area contributed by atoms with Gasteiger partial charge in [0.2, 0.25) is 0 Å². The Hall–Kier alpha value is -0.640. The molecule has 1 saturated heterocycles. The summed E-state index contributed by atoms with van der Waals surface area (Å²) in [6, 6.07) is 5.75. The monoisotopic (exact) mass is 284 g/mol. The van der Waals surface area contributed by atoms with Crippen LogP contribution >= 0.6 is 11.6 Å². The van der Waals surface area contributed by atoms with Crippen LogP contribution in [-0.2, 0) is 6.54 Å². The fourth-order valence-corrected chi connectivity index (χ4v) is 2.78. The lowest BCUT2D eigenvalue weighted by molar-refractivity contribution is 0.192. The van der Waals surface area contributed by atoms with Gasteiger partial charge in [0.05, 0.1) is 0 Å². The van der Waals surface area contributed by atoms with Crippen LogP contribution in [0.15, 0.2) is 18.2 Å². The smallest absolute Gasteiger partial charge is 0.127 e. The summed E-state index contributed by atoms with van der Waals surface area (Å²) >= 11 is 5.96. The molecule has 1 aliphatic rings. The predicted molar refractivity (Wildman–Crippen MR) is 78.0 cm³/mol. The van der Waals surface area contributed by atoms with E-state index in [4.69, 9.17) is 11.6 Å². The third-order valence-corrected chi connectivity index (χ3v) is 4.18. The van der Waals surface area contributed by atoms with E-state index in [-0.39, 0.29) is 5.82 Å². The van der Waals surface area contributed by atoms with Crippen molar-refractivity contribution < 1.29 is 4.39 Å². The first-order chi connectivity index (χ1) is 9.10. The second kappa shape index (κ2) is 6.69. The van der Waals surface area contributed by atoms with E-state index in [1.807, 2.05) is 0 Å². The molecule has 2 unspecified atom stereocenters. The van der Waals surface area contributed by atoms with Gasteiger partial charge in [0, 0.05) is 35.8 Å². The molecule has 0 bridgehead atoms. The minimum absolute atomic E-state index is 0.165. The molecule has 106 valence electrons. The number of nitrogens with one attached hydrogen (secondary N) is 1. The highest BCUT2D eigenvalue weighted by atomic mass is 35.5. The Balaban J connectivity index is 2.12. The fraction of sp³-hybridized carbons (Fsp3) is 0.600. The lowest BCUT2D eigenvalue weighted by atomic mass is 10.1. The Kier molecular flexibility index (Phi) is 5.20. The van der Waals surface area contributed by atoms with Crippen molar-refractivity contribution in [2.45, 2.75) is 45.3 Å². The standard InChI is InChI=1S/C15H22ClFN2/c1-3-14-10-19(11(2)6-7-18-14)9-12-8-13(16)4-5-15(12)17/h4-5,8,11,14,18H,3,6-7,9-10H2,1-2H3. The van der Waals surface area contributed by atoms with E-state index in [9.17, 15) is 4.39 Å². The van der Waals surface area contributed by atoms with E-state index in [0.29, 0.717) is 29.2 Å². The quantitative estimate of drug-likeness (QED) is 0.915. The summed E-state index contributed by atoms with van der Waals surface area (Å²) in [6.07, 6.45) is 2.19. The first-order valence-corrected chi connectivity index (χ1v) is 7.39. The fourth-order valence-electron chi connectivity index (χ4n) is 2.58. The number of rotatable bonds is 3. The highest BCUT2D eigenvalue weighted by molar-refractivity contribution is 6.30. The van der Waals surface area contributed by atoms with Crippen molar-refractivity contribution >= 4 is 11.6 Å². The molecular weight excluding hydrogens is 263 g/mol. The van der Waals surface area contributed by atoms with E-state index in [0.717, 1.165) is 25.9 Å². The van der Waals surface area contributed by atoms with Crippen LogP contribution in [0.5, 0.6) is 0 Å². The Bertz CT molecular complexity index is 425. The van der Waals surface area contributed by atoms with Gasteiger partial charge in [0.1, 0.15) is 5.82 Å². The van der Waals surface area contributed by atoms with Gasteiger partial charge in [-0.1, -0.05) is 18.5 Å². The second-order valence-electron chi connectivity index (χ2n) is 5.36. The average Bonchev–Trinajstić information content (AvgIpc) is 2.56. The Morgan fingerprint density at radius 2 is 2.26 bits per heavy atom. The average molecular weight is 285 g/mol. The van der Waals surface area contributed by atoms with Gasteiger partial charge in [0.25, 0.3) is 0 Å². The van der Waals surface area contributed by atoms with Gasteiger partial charge >= 0.3 is 0 Å². The molecule has 1 fully saturated rings. The van der Waals surface area contributed by atoms with Gasteiger partial charge in [-0.2, -0.15) is 0 Å². The van der Waals surface area contributed by atoms with Crippen LogP contribution in [0.3, 0.4) is 0 Å². The van der Waals surface area contributed by atoms with Crippen molar-refractivity contribution in [3.05, 3.63) is 34.6 Å². The minimum Gasteiger partial charge on any atom is -0.313 e. The molecule has 4 heteroatoms. The van der Waals surface area contributed by atoms with Gasteiger partial charge in [-0.3, -0.25) is 4.90 Å². The molecule has 1 N–H and O–H groups in total. The molecule has 1 aliphatic heterocycles. The predicted octanol–water partition coefficient (Wildman–Crippen LogP) is 3.44. The maximum absolute atomic E-state index is 13.8. The van der Waals surface area contributed by atoms with Crippen LogP contribution in [0, 0.1) is 5.82 Å². The van der Waals surface area contributed by atoms with Gasteiger partial charge in [0.15, 0.2) is 0 Å². The first-order valence-electron chi connectivity index (χ1n) is 7.01. The second-order valence-corrected chi connectivity index (χ2v) is 5.80. The van der Waals surface area contributed by atoms with Gasteiger partial charge < -0.3 is 5.32 Å². The summed E-state index contributed by atoms with van der Waals surface area (Å²) in [6.45, 7) is 7.03. The molecule has 1 aromatic rings. The number of nitrogens with zero attached hydrogens (tertiary/aromatic N) is 1. The van der Waals surface area contributed by atoms with Gasteiger partial charge in [-0.25, -0.2) is 4.39 Å². The van der Waals surface area contributed by atoms with E-state index in [2.05, 4.69) is 24.1 Å². The zero-order valence-corrected chi connectivity index (χ0v) is 12.4. The van der Waals surface area contributed by atoms with Crippen LogP contribution in [0.1, 0.15) is 32.3 Å². The van der Waals surface area contributed by atoms with Crippen molar-refractivity contribution in [1.82, 2.24) is 10.2 Å². The summed E-state index contributed by atoms with van der Waals surface area (Å²) in [5.74, 6) is -0.165. The van der Waals surface area contributed by atoms with E-state index in [1.165, 1.54) is 6.07 Å². The molecule has 19 heavy (non-hydrogen) atoms.